The number of thiazole rings is 1. The van der Waals surface area contributed by atoms with Gasteiger partial charge in [-0.05, 0) is 19.1 Å². The van der Waals surface area contributed by atoms with Gasteiger partial charge in [0, 0.05) is 5.38 Å². The number of halogens is 3. The van der Waals surface area contributed by atoms with Crippen molar-refractivity contribution in [1.29, 1.82) is 0 Å². The summed E-state index contributed by atoms with van der Waals surface area (Å²) in [4.78, 5) is 26.7. The molecule has 0 aromatic carbocycles. The fourth-order valence-corrected chi connectivity index (χ4v) is 2.67. The Morgan fingerprint density at radius 1 is 1.42 bits per heavy atom. The molecule has 0 saturated carbocycles. The van der Waals surface area contributed by atoms with Crippen LogP contribution in [0.3, 0.4) is 0 Å². The molecule has 0 aliphatic heterocycles. The van der Waals surface area contributed by atoms with E-state index in [-0.39, 0.29) is 6.42 Å². The van der Waals surface area contributed by atoms with Gasteiger partial charge in [-0.1, -0.05) is 0 Å². The van der Waals surface area contributed by atoms with Crippen molar-refractivity contribution in [3.05, 3.63) is 29.0 Å². The second-order valence-electron chi connectivity index (χ2n) is 5.01. The predicted molar refractivity (Wildman–Crippen MR) is 78.5 cm³/mol. The van der Waals surface area contributed by atoms with E-state index >= 15 is 0 Å². The van der Waals surface area contributed by atoms with Crippen LogP contribution >= 0.6 is 11.3 Å². The Labute approximate surface area is 138 Å². The maximum absolute atomic E-state index is 12.3. The molecule has 0 saturated heterocycles. The van der Waals surface area contributed by atoms with E-state index in [9.17, 15) is 22.8 Å². The summed E-state index contributed by atoms with van der Waals surface area (Å²) in [5, 5.41) is 12.7. The lowest BCUT2D eigenvalue weighted by Gasteiger charge is -2.15. The molecular weight excluding hydrogens is 349 g/mol. The highest BCUT2D eigenvalue weighted by Crippen LogP contribution is 2.26. The van der Waals surface area contributed by atoms with Crippen LogP contribution in [0.15, 0.2) is 21.9 Å². The van der Waals surface area contributed by atoms with E-state index in [1.54, 1.807) is 24.4 Å². The zero-order valence-corrected chi connectivity index (χ0v) is 13.2. The van der Waals surface area contributed by atoms with E-state index in [1.165, 1.54) is 11.3 Å². The molecular formula is C14H13F3N2O4S. The first-order chi connectivity index (χ1) is 11.1. The number of hydrogen-bond donors (Lipinski definition) is 2. The normalized spacial score (nSPS) is 12.8. The summed E-state index contributed by atoms with van der Waals surface area (Å²) in [6, 6.07) is 1.43. The number of furan rings is 1. The minimum atomic E-state index is -4.69. The van der Waals surface area contributed by atoms with Gasteiger partial charge in [-0.15, -0.1) is 11.3 Å². The van der Waals surface area contributed by atoms with Crippen molar-refractivity contribution in [1.82, 2.24) is 10.3 Å². The molecule has 0 aliphatic rings. The molecule has 6 nitrogen and oxygen atoms in total. The standard InChI is InChI=1S/C14H13F3N2O4S/c1-7-2-3-10(23-7)12-18-8(6-24-12)4-11(20)19-9(13(21)22)5-14(15,16)17/h2-3,6,9H,4-5H2,1H3,(H,19,20)(H,21,22). The highest BCUT2D eigenvalue weighted by atomic mass is 32.1. The molecule has 10 heteroatoms. The summed E-state index contributed by atoms with van der Waals surface area (Å²) < 4.78 is 42.3. The third kappa shape index (κ3) is 5.08. The maximum Gasteiger partial charge on any atom is 0.391 e. The minimum Gasteiger partial charge on any atom is -0.480 e. The van der Waals surface area contributed by atoms with Gasteiger partial charge in [0.05, 0.1) is 18.5 Å². The Hall–Kier alpha value is -2.36. The molecule has 130 valence electrons. The van der Waals surface area contributed by atoms with Gasteiger partial charge in [-0.25, -0.2) is 9.78 Å². The molecule has 2 heterocycles. The Balaban J connectivity index is 1.99. The van der Waals surface area contributed by atoms with E-state index in [4.69, 9.17) is 9.52 Å². The highest BCUT2D eigenvalue weighted by Gasteiger charge is 2.36. The van der Waals surface area contributed by atoms with Crippen molar-refractivity contribution in [2.45, 2.75) is 32.0 Å². The van der Waals surface area contributed by atoms with Crippen molar-refractivity contribution in [3.63, 3.8) is 0 Å². The smallest absolute Gasteiger partial charge is 0.391 e. The highest BCUT2D eigenvalue weighted by molar-refractivity contribution is 7.13. The lowest BCUT2D eigenvalue weighted by Crippen LogP contribution is -2.44. The first-order valence-corrected chi connectivity index (χ1v) is 7.62. The lowest BCUT2D eigenvalue weighted by molar-refractivity contribution is -0.159. The number of aryl methyl sites for hydroxylation is 1. The van der Waals surface area contributed by atoms with E-state index in [0.29, 0.717) is 22.2 Å². The number of carboxylic acid groups (broad SMARTS) is 1. The summed E-state index contributed by atoms with van der Waals surface area (Å²) in [6.07, 6.45) is -6.65. The fraction of sp³-hybridized carbons (Fsp3) is 0.357. The quantitative estimate of drug-likeness (QED) is 0.824. The Bertz CT molecular complexity index is 738. The van der Waals surface area contributed by atoms with Crippen LogP contribution in [0.25, 0.3) is 10.8 Å². The van der Waals surface area contributed by atoms with Crippen LogP contribution in [-0.4, -0.2) is 34.2 Å². The molecule has 1 unspecified atom stereocenters. The predicted octanol–water partition coefficient (Wildman–Crippen LogP) is 2.78. The number of alkyl halides is 3. The van der Waals surface area contributed by atoms with Crippen LogP contribution in [-0.2, 0) is 16.0 Å². The Morgan fingerprint density at radius 2 is 2.12 bits per heavy atom. The number of carboxylic acids is 1. The summed E-state index contributed by atoms with van der Waals surface area (Å²) >= 11 is 1.21. The SMILES string of the molecule is Cc1ccc(-c2nc(CC(=O)NC(CC(F)(F)F)C(=O)O)cs2)o1. The average Bonchev–Trinajstić information content (AvgIpc) is 3.05. The molecule has 24 heavy (non-hydrogen) atoms. The van der Waals surface area contributed by atoms with Gasteiger partial charge in [0.15, 0.2) is 10.8 Å². The molecule has 0 aliphatic carbocycles. The molecule has 0 spiro atoms. The molecule has 1 amide bonds. The summed E-state index contributed by atoms with van der Waals surface area (Å²) in [5.41, 5.74) is 0.317. The molecule has 0 radical (unpaired) electrons. The van der Waals surface area contributed by atoms with E-state index in [0.717, 1.165) is 0 Å². The third-order valence-corrected chi connectivity index (χ3v) is 3.82. The van der Waals surface area contributed by atoms with Crippen LogP contribution in [0.2, 0.25) is 0 Å². The van der Waals surface area contributed by atoms with Gasteiger partial charge >= 0.3 is 12.1 Å². The van der Waals surface area contributed by atoms with Crippen LogP contribution in [0, 0.1) is 6.92 Å². The van der Waals surface area contributed by atoms with Crippen LogP contribution in [0.5, 0.6) is 0 Å². The molecule has 0 bridgehead atoms. The average molecular weight is 362 g/mol. The number of carbonyl (C=O) groups excluding carboxylic acids is 1. The number of nitrogens with one attached hydrogen (secondary N) is 1. The largest absolute Gasteiger partial charge is 0.480 e. The number of carbonyl (C=O) groups is 2. The van der Waals surface area contributed by atoms with Gasteiger partial charge in [0.25, 0.3) is 0 Å². The first-order valence-electron chi connectivity index (χ1n) is 6.74. The molecule has 1 atom stereocenters. The van der Waals surface area contributed by atoms with Gasteiger partial charge < -0.3 is 14.8 Å². The Kier molecular flexibility index (Phi) is 5.27. The van der Waals surface area contributed by atoms with Crippen molar-refractivity contribution in [3.8, 4) is 10.8 Å². The fourth-order valence-electron chi connectivity index (χ4n) is 1.89. The number of rotatable bonds is 6. The monoisotopic (exact) mass is 362 g/mol. The molecule has 2 N–H and O–H groups in total. The van der Waals surface area contributed by atoms with Gasteiger partial charge in [0.2, 0.25) is 5.91 Å². The zero-order chi connectivity index (χ0) is 17.9. The van der Waals surface area contributed by atoms with Crippen molar-refractivity contribution in [2.24, 2.45) is 0 Å². The number of aromatic nitrogens is 1. The topological polar surface area (TPSA) is 92.4 Å². The second kappa shape index (κ2) is 7.04. The van der Waals surface area contributed by atoms with Crippen LogP contribution in [0.4, 0.5) is 13.2 Å². The minimum absolute atomic E-state index is 0.317. The van der Waals surface area contributed by atoms with Crippen molar-refractivity contribution in [2.75, 3.05) is 0 Å². The van der Waals surface area contributed by atoms with Crippen molar-refractivity contribution >= 4 is 23.2 Å². The lowest BCUT2D eigenvalue weighted by atomic mass is 10.2. The molecule has 2 rings (SSSR count). The summed E-state index contributed by atoms with van der Waals surface area (Å²) in [7, 11) is 0. The van der Waals surface area contributed by atoms with Gasteiger partial charge in [0.1, 0.15) is 11.8 Å². The summed E-state index contributed by atoms with van der Waals surface area (Å²) in [6.45, 7) is 1.76. The number of nitrogens with zero attached hydrogens (tertiary/aromatic N) is 1. The van der Waals surface area contributed by atoms with Crippen LogP contribution in [0.1, 0.15) is 17.9 Å². The van der Waals surface area contributed by atoms with Crippen molar-refractivity contribution < 1.29 is 32.3 Å². The van der Waals surface area contributed by atoms with Crippen LogP contribution < -0.4 is 5.32 Å². The van der Waals surface area contributed by atoms with E-state index in [1.807, 2.05) is 5.32 Å². The third-order valence-electron chi connectivity index (χ3n) is 2.91. The molecule has 2 aromatic heterocycles. The number of aliphatic carboxylic acids is 1. The second-order valence-corrected chi connectivity index (χ2v) is 5.87. The number of hydrogen-bond acceptors (Lipinski definition) is 5. The molecule has 0 fully saturated rings. The van der Waals surface area contributed by atoms with E-state index in [2.05, 4.69) is 4.98 Å². The maximum atomic E-state index is 12.3. The summed E-state index contributed by atoms with van der Waals surface area (Å²) in [5.74, 6) is -1.38. The van der Waals surface area contributed by atoms with Gasteiger partial charge in [-0.3, -0.25) is 4.79 Å². The number of amides is 1. The Morgan fingerprint density at radius 3 is 2.67 bits per heavy atom. The zero-order valence-electron chi connectivity index (χ0n) is 12.4. The first kappa shape index (κ1) is 18.0. The van der Waals surface area contributed by atoms with Gasteiger partial charge in [-0.2, -0.15) is 13.2 Å². The molecule has 2 aromatic rings. The van der Waals surface area contributed by atoms with E-state index < -0.39 is 30.5 Å².